The smallest absolute Gasteiger partial charge is 0.412 e. The average Bonchev–Trinajstić information content (AvgIpc) is 2.36. The normalized spacial score (nSPS) is 12.4. The van der Waals surface area contributed by atoms with Gasteiger partial charge in [-0.25, -0.2) is 4.79 Å². The molecule has 1 N–H and O–H groups in total. The molecule has 0 heterocycles. The van der Waals surface area contributed by atoms with Crippen LogP contribution in [0.4, 0.5) is 10.5 Å². The molecule has 1 unspecified atom stereocenters. The summed E-state index contributed by atoms with van der Waals surface area (Å²) in [7, 11) is 0. The van der Waals surface area contributed by atoms with E-state index in [0.717, 1.165) is 5.56 Å². The molecular weight excluding hydrogens is 385 g/mol. The summed E-state index contributed by atoms with van der Waals surface area (Å²) in [5.74, 6) is -0.604. The van der Waals surface area contributed by atoms with Gasteiger partial charge in [0.15, 0.2) is 0 Å². The lowest BCUT2D eigenvalue weighted by atomic mass is 10.0. The first-order chi connectivity index (χ1) is 9.73. The molecule has 1 rings (SSSR count). The molecule has 0 aliphatic heterocycles. The zero-order valence-corrected chi connectivity index (χ0v) is 14.8. The van der Waals surface area contributed by atoms with E-state index in [2.05, 4.69) is 5.32 Å². The van der Waals surface area contributed by atoms with Crippen LogP contribution in [0.2, 0.25) is 0 Å². The fourth-order valence-electron chi connectivity index (χ4n) is 1.59. The molecule has 0 saturated carbocycles. The Morgan fingerprint density at radius 3 is 2.29 bits per heavy atom. The fourth-order valence-corrected chi connectivity index (χ4v) is 1.90. The van der Waals surface area contributed by atoms with E-state index >= 15 is 0 Å². The van der Waals surface area contributed by atoms with Crippen LogP contribution in [0, 0.1) is 0 Å². The minimum Gasteiger partial charge on any atom is -0.455 e. The minimum absolute atomic E-state index is 0.266. The maximum atomic E-state index is 11.6. The molecule has 116 valence electrons. The van der Waals surface area contributed by atoms with Crippen LogP contribution in [0.3, 0.4) is 0 Å². The number of rotatable bonds is 4. The van der Waals surface area contributed by atoms with Crippen LogP contribution in [0.1, 0.15) is 39.2 Å². The number of nitrogens with one attached hydrogen (secondary N) is 1. The summed E-state index contributed by atoms with van der Waals surface area (Å²) in [5.41, 5.74) is 0.906. The number of alkyl halides is 1. The Bertz CT molecular complexity index is 493. The highest BCUT2D eigenvalue weighted by Crippen LogP contribution is 2.20. The fraction of sp³-hybridized carbons (Fsp3) is 0.467. The molecule has 1 aromatic rings. The molecule has 0 spiro atoms. The van der Waals surface area contributed by atoms with Gasteiger partial charge in [0.2, 0.25) is 0 Å². The van der Waals surface area contributed by atoms with E-state index in [-0.39, 0.29) is 11.9 Å². The molecule has 5 nitrogen and oxygen atoms in total. The lowest BCUT2D eigenvalue weighted by Crippen LogP contribution is -2.27. The lowest BCUT2D eigenvalue weighted by molar-refractivity contribution is -0.142. The van der Waals surface area contributed by atoms with Crippen molar-refractivity contribution in [2.45, 2.75) is 39.2 Å². The van der Waals surface area contributed by atoms with Gasteiger partial charge in [0, 0.05) is 5.69 Å². The maximum Gasteiger partial charge on any atom is 0.412 e. The molecule has 1 atom stereocenters. The Morgan fingerprint density at radius 2 is 1.81 bits per heavy atom. The summed E-state index contributed by atoms with van der Waals surface area (Å²) in [5, 5.41) is 2.64. The van der Waals surface area contributed by atoms with E-state index < -0.39 is 11.7 Å². The summed E-state index contributed by atoms with van der Waals surface area (Å²) < 4.78 is 10.5. The second-order valence-electron chi connectivity index (χ2n) is 5.54. The van der Waals surface area contributed by atoms with Gasteiger partial charge in [-0.3, -0.25) is 10.1 Å². The van der Waals surface area contributed by atoms with Crippen molar-refractivity contribution in [2.75, 3.05) is 9.93 Å². The van der Waals surface area contributed by atoms with E-state index in [9.17, 15) is 9.59 Å². The van der Waals surface area contributed by atoms with Crippen LogP contribution in [-0.2, 0) is 14.3 Å². The number of halogens is 1. The van der Waals surface area contributed by atoms with E-state index in [0.29, 0.717) is 10.3 Å². The van der Waals surface area contributed by atoms with E-state index in [1.54, 1.807) is 52.0 Å². The molecule has 0 bridgehead atoms. The van der Waals surface area contributed by atoms with Crippen molar-refractivity contribution in [3.8, 4) is 0 Å². The van der Waals surface area contributed by atoms with Gasteiger partial charge in [-0.1, -0.05) is 12.1 Å². The van der Waals surface area contributed by atoms with Gasteiger partial charge >= 0.3 is 12.1 Å². The van der Waals surface area contributed by atoms with Gasteiger partial charge in [0.05, 0.1) is 5.92 Å². The van der Waals surface area contributed by atoms with Crippen LogP contribution in [0.25, 0.3) is 0 Å². The van der Waals surface area contributed by atoms with Crippen molar-refractivity contribution in [1.82, 2.24) is 0 Å². The summed E-state index contributed by atoms with van der Waals surface area (Å²) in [4.78, 5) is 23.3. The van der Waals surface area contributed by atoms with Crippen LogP contribution in [0.15, 0.2) is 24.3 Å². The third-order valence-electron chi connectivity index (χ3n) is 2.61. The number of carbonyl (C=O) groups is 2. The molecule has 0 saturated heterocycles. The van der Waals surface area contributed by atoms with Crippen molar-refractivity contribution in [1.29, 1.82) is 0 Å². The largest absolute Gasteiger partial charge is 0.455 e. The van der Waals surface area contributed by atoms with Crippen molar-refractivity contribution in [2.24, 2.45) is 0 Å². The van der Waals surface area contributed by atoms with Crippen molar-refractivity contribution >= 4 is 40.3 Å². The molecule has 0 radical (unpaired) electrons. The molecule has 1 aromatic carbocycles. The second kappa shape index (κ2) is 7.63. The first-order valence-electron chi connectivity index (χ1n) is 6.55. The molecule has 0 fully saturated rings. The van der Waals surface area contributed by atoms with Gasteiger partial charge < -0.3 is 9.47 Å². The Labute approximate surface area is 138 Å². The first kappa shape index (κ1) is 17.7. The van der Waals surface area contributed by atoms with Crippen LogP contribution in [0.5, 0.6) is 0 Å². The lowest BCUT2D eigenvalue weighted by Gasteiger charge is -2.19. The second-order valence-corrected chi connectivity index (χ2v) is 6.17. The van der Waals surface area contributed by atoms with E-state index in [4.69, 9.17) is 9.47 Å². The number of amides is 1. The van der Waals surface area contributed by atoms with E-state index in [1.807, 2.05) is 22.6 Å². The first-order valence-corrected chi connectivity index (χ1v) is 8.08. The highest BCUT2D eigenvalue weighted by molar-refractivity contribution is 14.1. The molecular formula is C15H20INO4. The van der Waals surface area contributed by atoms with E-state index in [1.165, 1.54) is 0 Å². The topological polar surface area (TPSA) is 64.6 Å². The van der Waals surface area contributed by atoms with Crippen molar-refractivity contribution in [3.05, 3.63) is 29.8 Å². The Morgan fingerprint density at radius 1 is 1.24 bits per heavy atom. The summed E-state index contributed by atoms with van der Waals surface area (Å²) in [6.07, 6.45) is -0.507. The number of esters is 1. The monoisotopic (exact) mass is 405 g/mol. The SMILES string of the molecule is CC(C(=O)OCI)c1ccc(NC(=O)OC(C)(C)C)cc1. The third kappa shape index (κ3) is 6.33. The average molecular weight is 405 g/mol. The van der Waals surface area contributed by atoms with Crippen LogP contribution in [-0.4, -0.2) is 22.3 Å². The Kier molecular flexibility index (Phi) is 6.44. The number of anilines is 1. The summed E-state index contributed by atoms with van der Waals surface area (Å²) >= 11 is 1.98. The van der Waals surface area contributed by atoms with Crippen LogP contribution >= 0.6 is 22.6 Å². The standard InChI is InChI=1S/C15H20INO4/c1-10(13(18)20-9-16)11-5-7-12(8-6-11)17-14(19)21-15(2,3)4/h5-8,10H,9H2,1-4H3,(H,17,19). The van der Waals surface area contributed by atoms with Gasteiger partial charge in [-0.05, 0) is 68.0 Å². The number of benzene rings is 1. The Hall–Kier alpha value is -1.31. The number of hydrogen-bond donors (Lipinski definition) is 1. The zero-order chi connectivity index (χ0) is 16.0. The van der Waals surface area contributed by atoms with Gasteiger partial charge in [-0.15, -0.1) is 0 Å². The van der Waals surface area contributed by atoms with Gasteiger partial charge in [0.25, 0.3) is 0 Å². The molecule has 6 heteroatoms. The molecule has 1 amide bonds. The summed E-state index contributed by atoms with van der Waals surface area (Å²) in [6.45, 7) is 7.19. The number of hydrogen-bond acceptors (Lipinski definition) is 4. The zero-order valence-electron chi connectivity index (χ0n) is 12.6. The number of carbonyl (C=O) groups excluding carboxylic acids is 2. The van der Waals surface area contributed by atoms with Crippen molar-refractivity contribution in [3.63, 3.8) is 0 Å². The van der Waals surface area contributed by atoms with Crippen LogP contribution < -0.4 is 5.32 Å². The van der Waals surface area contributed by atoms with Gasteiger partial charge in [-0.2, -0.15) is 0 Å². The summed E-state index contributed by atoms with van der Waals surface area (Å²) in [6, 6.07) is 7.03. The predicted octanol–water partition coefficient (Wildman–Crippen LogP) is 4.07. The number of ether oxygens (including phenoxy) is 2. The maximum absolute atomic E-state index is 11.6. The molecule has 0 aliphatic carbocycles. The van der Waals surface area contributed by atoms with Gasteiger partial charge in [0.1, 0.15) is 10.2 Å². The molecule has 0 aliphatic rings. The highest BCUT2D eigenvalue weighted by atomic mass is 127. The highest BCUT2D eigenvalue weighted by Gasteiger charge is 2.18. The molecule has 0 aromatic heterocycles. The quantitative estimate of drug-likeness (QED) is 0.466. The predicted molar refractivity (Wildman–Crippen MR) is 89.7 cm³/mol. The third-order valence-corrected chi connectivity index (χ3v) is 2.92. The molecule has 21 heavy (non-hydrogen) atoms. The Balaban J connectivity index is 2.66. The minimum atomic E-state index is -0.540. The van der Waals surface area contributed by atoms with Crippen molar-refractivity contribution < 1.29 is 19.1 Å².